The van der Waals surface area contributed by atoms with Crippen molar-refractivity contribution in [2.75, 3.05) is 6.61 Å². The van der Waals surface area contributed by atoms with Crippen LogP contribution in [0.1, 0.15) is 43.1 Å². The fraction of sp³-hybridized carbons (Fsp3) is 0.550. The number of hydrogen-bond acceptors (Lipinski definition) is 4. The lowest BCUT2D eigenvalue weighted by Gasteiger charge is -2.17. The van der Waals surface area contributed by atoms with Crippen molar-refractivity contribution in [3.05, 3.63) is 45.6 Å². The molecule has 0 saturated heterocycles. The SMILES string of the molecule is CCCn1nc2n(c1=O)CCC(NC(=O)COc1cccc(C)c1C)CC2. The first-order chi connectivity index (χ1) is 13.0. The summed E-state index contributed by atoms with van der Waals surface area (Å²) in [4.78, 5) is 24.6. The van der Waals surface area contributed by atoms with Crippen LogP contribution < -0.4 is 15.7 Å². The van der Waals surface area contributed by atoms with Gasteiger partial charge in [-0.25, -0.2) is 9.48 Å². The Morgan fingerprint density at radius 3 is 2.93 bits per heavy atom. The number of amides is 1. The molecule has 0 bridgehead atoms. The molecule has 1 aromatic heterocycles. The van der Waals surface area contributed by atoms with Crippen LogP contribution in [0.25, 0.3) is 0 Å². The van der Waals surface area contributed by atoms with E-state index < -0.39 is 0 Å². The number of aryl methyl sites for hydroxylation is 3. The van der Waals surface area contributed by atoms with E-state index in [1.54, 1.807) is 9.25 Å². The van der Waals surface area contributed by atoms with E-state index in [4.69, 9.17) is 4.74 Å². The number of ether oxygens (including phenoxy) is 1. The van der Waals surface area contributed by atoms with Crippen molar-refractivity contribution in [3.8, 4) is 5.75 Å². The van der Waals surface area contributed by atoms with E-state index in [2.05, 4.69) is 10.4 Å². The predicted molar refractivity (Wildman–Crippen MR) is 103 cm³/mol. The molecule has 0 spiro atoms. The lowest BCUT2D eigenvalue weighted by molar-refractivity contribution is -0.123. The van der Waals surface area contributed by atoms with E-state index in [0.29, 0.717) is 19.5 Å². The first-order valence-electron chi connectivity index (χ1n) is 9.64. The normalized spacial score (nSPS) is 16.5. The van der Waals surface area contributed by atoms with Crippen molar-refractivity contribution in [3.63, 3.8) is 0 Å². The Bertz CT molecular complexity index is 869. The molecule has 7 heteroatoms. The molecule has 1 amide bonds. The van der Waals surface area contributed by atoms with Gasteiger partial charge in [0.1, 0.15) is 11.6 Å². The summed E-state index contributed by atoms with van der Waals surface area (Å²) in [6, 6.07) is 5.85. The van der Waals surface area contributed by atoms with Gasteiger partial charge < -0.3 is 10.1 Å². The van der Waals surface area contributed by atoms with E-state index in [1.165, 1.54) is 0 Å². The lowest BCUT2D eigenvalue weighted by Crippen LogP contribution is -2.38. The Morgan fingerprint density at radius 1 is 1.33 bits per heavy atom. The van der Waals surface area contributed by atoms with Gasteiger partial charge in [0, 0.05) is 25.6 Å². The summed E-state index contributed by atoms with van der Waals surface area (Å²) in [5.74, 6) is 1.42. The first-order valence-corrected chi connectivity index (χ1v) is 9.64. The molecule has 1 aromatic carbocycles. The molecule has 146 valence electrons. The number of carbonyl (C=O) groups is 1. The quantitative estimate of drug-likeness (QED) is 0.841. The molecular formula is C20H28N4O3. The average Bonchev–Trinajstić information content (AvgIpc) is 2.81. The number of carbonyl (C=O) groups excluding carboxylic acids is 1. The average molecular weight is 372 g/mol. The van der Waals surface area contributed by atoms with E-state index >= 15 is 0 Å². The van der Waals surface area contributed by atoms with E-state index in [1.807, 2.05) is 39.0 Å². The van der Waals surface area contributed by atoms with Gasteiger partial charge in [-0.05, 0) is 50.3 Å². The summed E-state index contributed by atoms with van der Waals surface area (Å²) in [6.45, 7) is 7.26. The molecule has 7 nitrogen and oxygen atoms in total. The van der Waals surface area contributed by atoms with Crippen LogP contribution in [0.2, 0.25) is 0 Å². The van der Waals surface area contributed by atoms with Crippen LogP contribution in [0.3, 0.4) is 0 Å². The maximum absolute atomic E-state index is 12.4. The van der Waals surface area contributed by atoms with E-state index in [9.17, 15) is 9.59 Å². The number of fused-ring (bicyclic) bond motifs is 1. The number of nitrogens with zero attached hydrogens (tertiary/aromatic N) is 3. The van der Waals surface area contributed by atoms with Crippen molar-refractivity contribution >= 4 is 5.91 Å². The molecule has 1 aliphatic heterocycles. The standard InChI is InChI=1S/C20H28N4O3/c1-4-11-24-20(26)23-12-10-16(8-9-18(23)22-24)21-19(25)13-27-17-7-5-6-14(2)15(17)3/h5-7,16H,4,8-13H2,1-3H3,(H,21,25). The van der Waals surface area contributed by atoms with E-state index in [-0.39, 0.29) is 24.2 Å². The second-order valence-corrected chi connectivity index (χ2v) is 7.15. The second-order valence-electron chi connectivity index (χ2n) is 7.15. The van der Waals surface area contributed by atoms with Crippen molar-refractivity contribution in [2.24, 2.45) is 0 Å². The van der Waals surface area contributed by atoms with Crippen LogP contribution in [0.15, 0.2) is 23.0 Å². The van der Waals surface area contributed by atoms with Gasteiger partial charge >= 0.3 is 5.69 Å². The molecule has 0 fully saturated rings. The molecular weight excluding hydrogens is 344 g/mol. The van der Waals surface area contributed by atoms with Crippen molar-refractivity contribution < 1.29 is 9.53 Å². The fourth-order valence-electron chi connectivity index (χ4n) is 3.42. The van der Waals surface area contributed by atoms with Gasteiger partial charge in [-0.3, -0.25) is 9.36 Å². The molecule has 0 aliphatic carbocycles. The van der Waals surface area contributed by atoms with Gasteiger partial charge in [-0.15, -0.1) is 0 Å². The third-order valence-corrected chi connectivity index (χ3v) is 5.13. The zero-order valence-corrected chi connectivity index (χ0v) is 16.3. The highest BCUT2D eigenvalue weighted by Gasteiger charge is 2.22. The van der Waals surface area contributed by atoms with Crippen LogP contribution >= 0.6 is 0 Å². The third-order valence-electron chi connectivity index (χ3n) is 5.13. The maximum Gasteiger partial charge on any atom is 0.345 e. The Hall–Kier alpha value is -2.57. The Morgan fingerprint density at radius 2 is 2.15 bits per heavy atom. The minimum Gasteiger partial charge on any atom is -0.483 e. The molecule has 2 aromatic rings. The van der Waals surface area contributed by atoms with Crippen LogP contribution in [-0.2, 0) is 24.3 Å². The summed E-state index contributed by atoms with van der Waals surface area (Å²) in [5.41, 5.74) is 2.14. The summed E-state index contributed by atoms with van der Waals surface area (Å²) in [7, 11) is 0. The van der Waals surface area contributed by atoms with Gasteiger partial charge in [-0.2, -0.15) is 5.10 Å². The fourth-order valence-corrected chi connectivity index (χ4v) is 3.42. The maximum atomic E-state index is 12.4. The molecule has 0 radical (unpaired) electrons. The highest BCUT2D eigenvalue weighted by molar-refractivity contribution is 5.77. The largest absolute Gasteiger partial charge is 0.483 e. The monoisotopic (exact) mass is 372 g/mol. The van der Waals surface area contributed by atoms with Gasteiger partial charge in [0.2, 0.25) is 0 Å². The summed E-state index contributed by atoms with van der Waals surface area (Å²) in [5, 5.41) is 7.47. The minimum atomic E-state index is -0.135. The van der Waals surface area contributed by atoms with Gasteiger partial charge in [0.25, 0.3) is 5.91 Å². The molecule has 27 heavy (non-hydrogen) atoms. The zero-order chi connectivity index (χ0) is 19.4. The Balaban J connectivity index is 1.54. The highest BCUT2D eigenvalue weighted by atomic mass is 16.5. The Labute approximate surface area is 159 Å². The number of rotatable bonds is 6. The molecule has 1 atom stereocenters. The smallest absolute Gasteiger partial charge is 0.345 e. The molecule has 0 saturated carbocycles. The molecule has 1 N–H and O–H groups in total. The highest BCUT2D eigenvalue weighted by Crippen LogP contribution is 2.20. The van der Waals surface area contributed by atoms with Crippen LogP contribution in [0.4, 0.5) is 0 Å². The first kappa shape index (κ1) is 19.2. The van der Waals surface area contributed by atoms with Crippen LogP contribution in [-0.4, -0.2) is 32.9 Å². The van der Waals surface area contributed by atoms with Crippen molar-refractivity contribution in [1.29, 1.82) is 0 Å². The second kappa shape index (κ2) is 8.41. The number of benzene rings is 1. The van der Waals surface area contributed by atoms with Gasteiger partial charge in [0.15, 0.2) is 6.61 Å². The summed E-state index contributed by atoms with van der Waals surface area (Å²) in [6.07, 6.45) is 3.07. The van der Waals surface area contributed by atoms with Crippen molar-refractivity contribution in [1.82, 2.24) is 19.7 Å². The van der Waals surface area contributed by atoms with Gasteiger partial charge in [0.05, 0.1) is 0 Å². The number of aromatic nitrogens is 3. The van der Waals surface area contributed by atoms with E-state index in [0.717, 1.165) is 42.0 Å². The number of hydrogen-bond donors (Lipinski definition) is 1. The van der Waals surface area contributed by atoms with Crippen LogP contribution in [0, 0.1) is 13.8 Å². The zero-order valence-electron chi connectivity index (χ0n) is 16.3. The molecule has 1 unspecified atom stereocenters. The van der Waals surface area contributed by atoms with Crippen LogP contribution in [0.5, 0.6) is 5.75 Å². The lowest BCUT2D eigenvalue weighted by atomic mass is 10.1. The molecule has 2 heterocycles. The predicted octanol–water partition coefficient (Wildman–Crippen LogP) is 1.97. The Kier molecular flexibility index (Phi) is 5.98. The molecule has 3 rings (SSSR count). The molecule has 1 aliphatic rings. The summed E-state index contributed by atoms with van der Waals surface area (Å²) < 4.78 is 8.97. The van der Waals surface area contributed by atoms with Crippen molar-refractivity contribution in [2.45, 2.75) is 65.6 Å². The summed E-state index contributed by atoms with van der Waals surface area (Å²) >= 11 is 0. The number of nitrogens with one attached hydrogen (secondary N) is 1. The van der Waals surface area contributed by atoms with Gasteiger partial charge in [-0.1, -0.05) is 19.1 Å². The topological polar surface area (TPSA) is 78.2 Å². The minimum absolute atomic E-state index is 0.00530. The third kappa shape index (κ3) is 4.40.